The third kappa shape index (κ3) is 2.27. The lowest BCUT2D eigenvalue weighted by molar-refractivity contribution is -0.155. The number of aliphatic carboxylic acids is 1. The maximum Gasteiger partial charge on any atom is 0.323 e. The van der Waals surface area contributed by atoms with E-state index in [1.807, 2.05) is 25.1 Å². The maximum atomic E-state index is 11.6. The van der Waals surface area contributed by atoms with Gasteiger partial charge in [-0.3, -0.25) is 9.69 Å². The van der Waals surface area contributed by atoms with Gasteiger partial charge in [-0.25, -0.2) is 0 Å². The predicted octanol–water partition coefficient (Wildman–Crippen LogP) is 3.08. The minimum Gasteiger partial charge on any atom is -0.480 e. The zero-order valence-electron chi connectivity index (χ0n) is 11.1. The van der Waals surface area contributed by atoms with Crippen LogP contribution in [0.3, 0.4) is 0 Å². The van der Waals surface area contributed by atoms with Crippen LogP contribution in [0.15, 0.2) is 30.3 Å². The summed E-state index contributed by atoms with van der Waals surface area (Å²) in [7, 11) is 0. The van der Waals surface area contributed by atoms with E-state index >= 15 is 0 Å². The average molecular weight is 247 g/mol. The first-order valence-corrected chi connectivity index (χ1v) is 6.61. The van der Waals surface area contributed by atoms with Gasteiger partial charge in [-0.2, -0.15) is 0 Å². The molecule has 1 aliphatic heterocycles. The summed E-state index contributed by atoms with van der Waals surface area (Å²) in [5, 5.41) is 9.52. The summed E-state index contributed by atoms with van der Waals surface area (Å²) in [5.41, 5.74) is 0.458. The van der Waals surface area contributed by atoms with Gasteiger partial charge < -0.3 is 5.11 Å². The molecule has 0 spiro atoms. The van der Waals surface area contributed by atoms with Crippen molar-refractivity contribution in [3.63, 3.8) is 0 Å². The van der Waals surface area contributed by atoms with E-state index in [9.17, 15) is 9.90 Å². The van der Waals surface area contributed by atoms with Gasteiger partial charge >= 0.3 is 5.97 Å². The van der Waals surface area contributed by atoms with Crippen LogP contribution in [0.5, 0.6) is 0 Å². The number of rotatable bonds is 3. The van der Waals surface area contributed by atoms with Gasteiger partial charge in [0, 0.05) is 6.04 Å². The van der Waals surface area contributed by atoms with E-state index in [2.05, 4.69) is 24.0 Å². The first kappa shape index (κ1) is 13.1. The summed E-state index contributed by atoms with van der Waals surface area (Å²) < 4.78 is 0. The van der Waals surface area contributed by atoms with Crippen molar-refractivity contribution in [2.45, 2.75) is 44.7 Å². The summed E-state index contributed by atoms with van der Waals surface area (Å²) in [4.78, 5) is 13.7. The molecule has 1 fully saturated rings. The third-order valence-electron chi connectivity index (χ3n) is 4.16. The van der Waals surface area contributed by atoms with Crippen LogP contribution in [-0.2, 0) is 4.79 Å². The Hall–Kier alpha value is -1.35. The normalized spacial score (nSPS) is 26.8. The summed E-state index contributed by atoms with van der Waals surface area (Å²) in [6.45, 7) is 4.81. The second-order valence-electron chi connectivity index (χ2n) is 5.32. The molecule has 18 heavy (non-hydrogen) atoms. The second kappa shape index (κ2) is 5.11. The lowest BCUT2D eigenvalue weighted by Crippen LogP contribution is -2.55. The fraction of sp³-hybridized carbons (Fsp3) is 0.533. The number of hydrogen-bond acceptors (Lipinski definition) is 2. The maximum absolute atomic E-state index is 11.6. The molecule has 1 saturated heterocycles. The molecule has 98 valence electrons. The van der Waals surface area contributed by atoms with Crippen molar-refractivity contribution in [2.24, 2.45) is 0 Å². The summed E-state index contributed by atoms with van der Waals surface area (Å²) >= 11 is 0. The Morgan fingerprint density at radius 3 is 2.61 bits per heavy atom. The highest BCUT2D eigenvalue weighted by molar-refractivity contribution is 5.78. The van der Waals surface area contributed by atoms with Crippen molar-refractivity contribution < 1.29 is 9.90 Å². The highest BCUT2D eigenvalue weighted by atomic mass is 16.4. The molecule has 0 saturated carbocycles. The van der Waals surface area contributed by atoms with E-state index in [1.165, 1.54) is 5.56 Å². The Bertz CT molecular complexity index is 418. The van der Waals surface area contributed by atoms with Crippen LogP contribution in [0.2, 0.25) is 0 Å². The molecule has 0 aromatic heterocycles. The van der Waals surface area contributed by atoms with Crippen molar-refractivity contribution >= 4 is 5.97 Å². The van der Waals surface area contributed by atoms with Gasteiger partial charge in [0.25, 0.3) is 0 Å². The number of nitrogens with zero attached hydrogens (tertiary/aromatic N) is 1. The zero-order valence-corrected chi connectivity index (χ0v) is 11.1. The monoisotopic (exact) mass is 247 g/mol. The molecule has 0 radical (unpaired) electrons. The minimum absolute atomic E-state index is 0.146. The second-order valence-corrected chi connectivity index (χ2v) is 5.32. The first-order chi connectivity index (χ1) is 8.55. The molecular formula is C15H21NO2. The molecule has 1 aromatic carbocycles. The van der Waals surface area contributed by atoms with E-state index in [-0.39, 0.29) is 6.04 Å². The van der Waals surface area contributed by atoms with E-state index in [0.29, 0.717) is 0 Å². The van der Waals surface area contributed by atoms with Crippen molar-refractivity contribution in [1.29, 1.82) is 0 Å². The van der Waals surface area contributed by atoms with E-state index in [0.717, 1.165) is 25.8 Å². The van der Waals surface area contributed by atoms with Crippen LogP contribution in [0, 0.1) is 0 Å². The highest BCUT2D eigenvalue weighted by Gasteiger charge is 2.43. The fourth-order valence-corrected chi connectivity index (χ4v) is 2.90. The Balaban J connectivity index is 2.27. The summed E-state index contributed by atoms with van der Waals surface area (Å²) in [5.74, 6) is -0.704. The van der Waals surface area contributed by atoms with Crippen molar-refractivity contribution in [3.8, 4) is 0 Å². The van der Waals surface area contributed by atoms with Crippen LogP contribution in [0.1, 0.15) is 44.7 Å². The van der Waals surface area contributed by atoms with Gasteiger partial charge in [0.1, 0.15) is 5.54 Å². The summed E-state index contributed by atoms with van der Waals surface area (Å²) in [6, 6.07) is 10.3. The topological polar surface area (TPSA) is 40.5 Å². The largest absolute Gasteiger partial charge is 0.480 e. The summed E-state index contributed by atoms with van der Waals surface area (Å²) in [6.07, 6.45) is 2.82. The molecule has 1 heterocycles. The van der Waals surface area contributed by atoms with Crippen molar-refractivity contribution in [3.05, 3.63) is 35.9 Å². The molecule has 3 heteroatoms. The minimum atomic E-state index is -0.729. The van der Waals surface area contributed by atoms with E-state index < -0.39 is 11.5 Å². The number of benzene rings is 1. The van der Waals surface area contributed by atoms with Gasteiger partial charge in [0.15, 0.2) is 0 Å². The number of carboxylic acids is 1. The third-order valence-corrected chi connectivity index (χ3v) is 4.16. The Labute approximate surface area is 108 Å². The molecule has 1 aliphatic rings. The Kier molecular flexibility index (Phi) is 3.71. The zero-order chi connectivity index (χ0) is 13.2. The molecule has 0 amide bonds. The van der Waals surface area contributed by atoms with Crippen LogP contribution < -0.4 is 0 Å². The number of carbonyl (C=O) groups is 1. The standard InChI is InChI=1S/C15H21NO2/c1-12(13-8-4-3-5-9-13)16-11-7-6-10-15(16,2)14(17)18/h3-5,8-9,12H,6-7,10-11H2,1-2H3,(H,17,18). The number of piperidine rings is 1. The molecule has 1 N–H and O–H groups in total. The number of hydrogen-bond donors (Lipinski definition) is 1. The van der Waals surface area contributed by atoms with E-state index in [4.69, 9.17) is 0 Å². The molecule has 3 nitrogen and oxygen atoms in total. The molecule has 1 aromatic rings. The fourth-order valence-electron chi connectivity index (χ4n) is 2.90. The SMILES string of the molecule is CC(c1ccccc1)N1CCCCC1(C)C(=O)O. The van der Waals surface area contributed by atoms with Crippen molar-refractivity contribution in [1.82, 2.24) is 4.90 Å². The smallest absolute Gasteiger partial charge is 0.323 e. The molecule has 2 rings (SSSR count). The average Bonchev–Trinajstić information content (AvgIpc) is 2.39. The van der Waals surface area contributed by atoms with Gasteiger partial charge in [-0.05, 0) is 45.2 Å². The van der Waals surface area contributed by atoms with E-state index in [1.54, 1.807) is 0 Å². The van der Waals surface area contributed by atoms with Gasteiger partial charge in [0.05, 0.1) is 0 Å². The number of likely N-dealkylation sites (tertiary alicyclic amines) is 1. The van der Waals surface area contributed by atoms with Gasteiger partial charge in [-0.1, -0.05) is 30.3 Å². The molecule has 2 unspecified atom stereocenters. The lowest BCUT2D eigenvalue weighted by atomic mass is 9.86. The Morgan fingerprint density at radius 2 is 2.00 bits per heavy atom. The van der Waals surface area contributed by atoms with Gasteiger partial charge in [-0.15, -0.1) is 0 Å². The first-order valence-electron chi connectivity index (χ1n) is 6.61. The lowest BCUT2D eigenvalue weighted by Gasteiger charge is -2.45. The molecule has 0 aliphatic carbocycles. The van der Waals surface area contributed by atoms with Crippen molar-refractivity contribution in [2.75, 3.05) is 6.54 Å². The van der Waals surface area contributed by atoms with Crippen LogP contribution in [0.25, 0.3) is 0 Å². The molecular weight excluding hydrogens is 226 g/mol. The quantitative estimate of drug-likeness (QED) is 0.892. The van der Waals surface area contributed by atoms with Crippen LogP contribution in [-0.4, -0.2) is 28.1 Å². The molecule has 0 bridgehead atoms. The Morgan fingerprint density at radius 1 is 1.33 bits per heavy atom. The number of carboxylic acid groups (broad SMARTS) is 1. The van der Waals surface area contributed by atoms with Crippen LogP contribution in [0.4, 0.5) is 0 Å². The van der Waals surface area contributed by atoms with Crippen LogP contribution >= 0.6 is 0 Å². The molecule has 2 atom stereocenters. The highest BCUT2D eigenvalue weighted by Crippen LogP contribution is 2.35. The van der Waals surface area contributed by atoms with Gasteiger partial charge in [0.2, 0.25) is 0 Å². The predicted molar refractivity (Wildman–Crippen MR) is 71.5 cm³/mol.